The number of amides is 2. The van der Waals surface area contributed by atoms with Crippen LogP contribution in [0.2, 0.25) is 0 Å². The van der Waals surface area contributed by atoms with Crippen LogP contribution in [0.4, 0.5) is 0 Å². The van der Waals surface area contributed by atoms with Gasteiger partial charge in [0.2, 0.25) is 11.8 Å². The first kappa shape index (κ1) is 10.2. The van der Waals surface area contributed by atoms with Crippen LogP contribution in [-0.4, -0.2) is 35.8 Å². The molecule has 1 aliphatic heterocycles. The van der Waals surface area contributed by atoms with E-state index in [9.17, 15) is 9.59 Å². The molecule has 4 heteroatoms. The van der Waals surface area contributed by atoms with E-state index in [1.807, 2.05) is 20.9 Å². The van der Waals surface area contributed by atoms with Gasteiger partial charge in [0.1, 0.15) is 0 Å². The number of imide groups is 1. The molecule has 0 spiro atoms. The lowest BCUT2D eigenvalue weighted by atomic mass is 10.0. The van der Waals surface area contributed by atoms with E-state index in [0.717, 1.165) is 0 Å². The Balaban J connectivity index is 2.79. The van der Waals surface area contributed by atoms with E-state index in [0.29, 0.717) is 19.4 Å². The van der Waals surface area contributed by atoms with Crippen molar-refractivity contribution in [1.82, 2.24) is 10.2 Å². The van der Waals surface area contributed by atoms with Crippen molar-refractivity contribution in [1.29, 1.82) is 0 Å². The van der Waals surface area contributed by atoms with Crippen LogP contribution in [-0.2, 0) is 9.59 Å². The Morgan fingerprint density at radius 1 is 1.31 bits per heavy atom. The number of nitrogens with zero attached hydrogens (tertiary/aromatic N) is 1. The summed E-state index contributed by atoms with van der Waals surface area (Å²) in [5.41, 5.74) is -0.403. The van der Waals surface area contributed by atoms with Crippen molar-refractivity contribution in [2.45, 2.75) is 32.2 Å². The molecule has 1 saturated heterocycles. The second-order valence-corrected chi connectivity index (χ2v) is 3.97. The van der Waals surface area contributed by atoms with E-state index < -0.39 is 5.54 Å². The van der Waals surface area contributed by atoms with Crippen LogP contribution in [0, 0.1) is 0 Å². The Bertz CT molecular complexity index is 220. The fourth-order valence-electron chi connectivity index (χ4n) is 1.76. The van der Waals surface area contributed by atoms with Crippen LogP contribution in [0.15, 0.2) is 0 Å². The van der Waals surface area contributed by atoms with Gasteiger partial charge in [0.25, 0.3) is 0 Å². The van der Waals surface area contributed by atoms with Crippen LogP contribution in [0.5, 0.6) is 0 Å². The summed E-state index contributed by atoms with van der Waals surface area (Å²) in [6.07, 6.45) is 0.734. The molecule has 74 valence electrons. The molecular weight excluding hydrogens is 168 g/mol. The molecule has 0 bridgehead atoms. The summed E-state index contributed by atoms with van der Waals surface area (Å²) in [4.78, 5) is 24.1. The number of hydrogen-bond acceptors (Lipinski definition) is 3. The number of carbonyl (C=O) groups is 2. The lowest BCUT2D eigenvalue weighted by molar-refractivity contribution is -0.144. The van der Waals surface area contributed by atoms with Gasteiger partial charge in [0.15, 0.2) is 0 Å². The Hall–Kier alpha value is -0.900. The highest BCUT2D eigenvalue weighted by atomic mass is 16.2. The second-order valence-electron chi connectivity index (χ2n) is 3.97. The predicted molar refractivity (Wildman–Crippen MR) is 49.1 cm³/mol. The SMILES string of the molecule is CNCC(C)(C)N1C(=O)CCC1=O. The minimum atomic E-state index is -0.403. The van der Waals surface area contributed by atoms with Gasteiger partial charge in [0.05, 0.1) is 5.54 Å². The Morgan fingerprint density at radius 2 is 1.77 bits per heavy atom. The topological polar surface area (TPSA) is 49.4 Å². The third kappa shape index (κ3) is 1.88. The minimum absolute atomic E-state index is 0.0507. The maximum atomic E-state index is 11.4. The van der Waals surface area contributed by atoms with Gasteiger partial charge >= 0.3 is 0 Å². The monoisotopic (exact) mass is 184 g/mol. The smallest absolute Gasteiger partial charge is 0.230 e. The first-order chi connectivity index (χ1) is 5.99. The van der Waals surface area contributed by atoms with Gasteiger partial charge in [-0.25, -0.2) is 0 Å². The molecule has 1 rings (SSSR count). The van der Waals surface area contributed by atoms with Crippen molar-refractivity contribution in [2.75, 3.05) is 13.6 Å². The van der Waals surface area contributed by atoms with E-state index in [2.05, 4.69) is 5.32 Å². The largest absolute Gasteiger partial charge is 0.317 e. The van der Waals surface area contributed by atoms with Crippen molar-refractivity contribution in [2.24, 2.45) is 0 Å². The molecule has 0 radical (unpaired) electrons. The van der Waals surface area contributed by atoms with Gasteiger partial charge in [0, 0.05) is 19.4 Å². The van der Waals surface area contributed by atoms with E-state index >= 15 is 0 Å². The molecule has 0 unspecified atom stereocenters. The first-order valence-corrected chi connectivity index (χ1v) is 4.49. The van der Waals surface area contributed by atoms with Gasteiger partial charge in [-0.1, -0.05) is 0 Å². The summed E-state index contributed by atoms with van der Waals surface area (Å²) in [7, 11) is 1.81. The van der Waals surface area contributed by atoms with Crippen LogP contribution < -0.4 is 5.32 Å². The average Bonchev–Trinajstić information content (AvgIpc) is 2.31. The maximum Gasteiger partial charge on any atom is 0.230 e. The van der Waals surface area contributed by atoms with Crippen molar-refractivity contribution in [3.05, 3.63) is 0 Å². The zero-order valence-electron chi connectivity index (χ0n) is 8.39. The molecule has 0 aromatic rings. The van der Waals surface area contributed by atoms with Gasteiger partial charge in [-0.3, -0.25) is 14.5 Å². The average molecular weight is 184 g/mol. The second kappa shape index (κ2) is 3.46. The number of likely N-dealkylation sites (tertiary alicyclic amines) is 1. The summed E-state index contributed by atoms with van der Waals surface area (Å²) in [5.74, 6) is -0.101. The third-order valence-electron chi connectivity index (χ3n) is 2.27. The molecule has 1 heterocycles. The highest BCUT2D eigenvalue weighted by Gasteiger charge is 2.39. The fourth-order valence-corrected chi connectivity index (χ4v) is 1.76. The molecule has 0 aliphatic carbocycles. The molecule has 1 aliphatic rings. The quantitative estimate of drug-likeness (QED) is 0.634. The molecule has 1 N–H and O–H groups in total. The molecule has 2 amide bonds. The van der Waals surface area contributed by atoms with E-state index in [-0.39, 0.29) is 11.8 Å². The molecule has 1 fully saturated rings. The van der Waals surface area contributed by atoms with Gasteiger partial charge in [-0.15, -0.1) is 0 Å². The van der Waals surface area contributed by atoms with Crippen molar-refractivity contribution < 1.29 is 9.59 Å². The summed E-state index contributed by atoms with van der Waals surface area (Å²) in [5, 5.41) is 2.98. The number of hydrogen-bond donors (Lipinski definition) is 1. The van der Waals surface area contributed by atoms with Crippen molar-refractivity contribution in [3.63, 3.8) is 0 Å². The number of rotatable bonds is 3. The summed E-state index contributed by atoms with van der Waals surface area (Å²) in [6.45, 7) is 4.42. The molecule has 0 atom stereocenters. The maximum absolute atomic E-state index is 11.4. The summed E-state index contributed by atoms with van der Waals surface area (Å²) >= 11 is 0. The molecular formula is C9H16N2O2. The number of carbonyl (C=O) groups excluding carboxylic acids is 2. The first-order valence-electron chi connectivity index (χ1n) is 4.49. The molecule has 0 aromatic heterocycles. The van der Waals surface area contributed by atoms with Crippen molar-refractivity contribution in [3.8, 4) is 0 Å². The Morgan fingerprint density at radius 3 is 2.15 bits per heavy atom. The fraction of sp³-hybridized carbons (Fsp3) is 0.778. The molecule has 0 aromatic carbocycles. The summed E-state index contributed by atoms with van der Waals surface area (Å²) in [6, 6.07) is 0. The molecule has 0 saturated carbocycles. The van der Waals surface area contributed by atoms with E-state index in [4.69, 9.17) is 0 Å². The van der Waals surface area contributed by atoms with Crippen LogP contribution in [0.3, 0.4) is 0 Å². The lowest BCUT2D eigenvalue weighted by Crippen LogP contribution is -2.52. The number of nitrogens with one attached hydrogen (secondary N) is 1. The highest BCUT2D eigenvalue weighted by Crippen LogP contribution is 2.22. The van der Waals surface area contributed by atoms with Crippen molar-refractivity contribution >= 4 is 11.8 Å². The van der Waals surface area contributed by atoms with Crippen LogP contribution >= 0.6 is 0 Å². The standard InChI is InChI=1S/C9H16N2O2/c1-9(2,6-10-3)11-7(12)4-5-8(11)13/h10H,4-6H2,1-3H3. The van der Waals surface area contributed by atoms with E-state index in [1.54, 1.807) is 0 Å². The van der Waals surface area contributed by atoms with E-state index in [1.165, 1.54) is 4.90 Å². The van der Waals surface area contributed by atoms with Gasteiger partial charge < -0.3 is 5.32 Å². The predicted octanol–water partition coefficient (Wildman–Crippen LogP) is 0.133. The number of likely N-dealkylation sites (N-methyl/N-ethyl adjacent to an activating group) is 1. The molecule has 13 heavy (non-hydrogen) atoms. The molecule has 4 nitrogen and oxygen atoms in total. The highest BCUT2D eigenvalue weighted by molar-refractivity contribution is 6.02. The van der Waals surface area contributed by atoms with Gasteiger partial charge in [-0.2, -0.15) is 0 Å². The minimum Gasteiger partial charge on any atom is -0.317 e. The van der Waals surface area contributed by atoms with Gasteiger partial charge in [-0.05, 0) is 20.9 Å². The van der Waals surface area contributed by atoms with Crippen LogP contribution in [0.1, 0.15) is 26.7 Å². The summed E-state index contributed by atoms with van der Waals surface area (Å²) < 4.78 is 0. The lowest BCUT2D eigenvalue weighted by Gasteiger charge is -2.33. The zero-order chi connectivity index (χ0) is 10.1. The van der Waals surface area contributed by atoms with Crippen LogP contribution in [0.25, 0.3) is 0 Å². The Labute approximate surface area is 78.3 Å². The third-order valence-corrected chi connectivity index (χ3v) is 2.27. The zero-order valence-corrected chi connectivity index (χ0v) is 8.39. The Kier molecular flexibility index (Phi) is 2.71. The normalized spacial score (nSPS) is 18.5.